The molecule has 1 rings (SSSR count). The van der Waals surface area contributed by atoms with Gasteiger partial charge in [0.15, 0.2) is 0 Å². The maximum atomic E-state index is 6.09. The molecule has 0 bridgehead atoms. The van der Waals surface area contributed by atoms with Gasteiger partial charge in [0, 0.05) is 10.6 Å². The molecule has 0 aromatic heterocycles. The Hall–Kier alpha value is -0.530. The molecule has 0 amide bonds. The fraction of sp³-hybridized carbons (Fsp3) is 0.667. The highest BCUT2D eigenvalue weighted by Gasteiger charge is 2.15. The van der Waals surface area contributed by atoms with Crippen LogP contribution in [0.3, 0.4) is 0 Å². The second-order valence-electron chi connectivity index (χ2n) is 7.30. The summed E-state index contributed by atoms with van der Waals surface area (Å²) in [5, 5.41) is 4.49. The van der Waals surface area contributed by atoms with Gasteiger partial charge in [-0.05, 0) is 69.7 Å². The summed E-state index contributed by atoms with van der Waals surface area (Å²) in [6.07, 6.45) is 3.67. The number of benzene rings is 1. The Kier molecular flexibility index (Phi) is 7.05. The molecule has 0 saturated heterocycles. The molecule has 0 aliphatic heterocycles. The van der Waals surface area contributed by atoms with Gasteiger partial charge in [-0.15, -0.1) is 0 Å². The first kappa shape index (κ1) is 17.5. The molecule has 20 heavy (non-hydrogen) atoms. The number of hydrogen-bond donors (Lipinski definition) is 1. The topological polar surface area (TPSA) is 12.0 Å². The Morgan fingerprint density at radius 1 is 1.15 bits per heavy atom. The van der Waals surface area contributed by atoms with Crippen LogP contribution in [0.2, 0.25) is 5.02 Å². The maximum absolute atomic E-state index is 6.09. The van der Waals surface area contributed by atoms with Gasteiger partial charge in [-0.1, -0.05) is 44.0 Å². The van der Waals surface area contributed by atoms with E-state index in [1.165, 1.54) is 18.4 Å². The smallest absolute Gasteiger partial charge is 0.0408 e. The zero-order chi connectivity index (χ0) is 15.2. The van der Waals surface area contributed by atoms with E-state index in [0.29, 0.717) is 5.92 Å². The quantitative estimate of drug-likeness (QED) is 0.717. The first-order valence-corrected chi connectivity index (χ1v) is 8.13. The predicted molar refractivity (Wildman–Crippen MR) is 90.5 cm³/mol. The van der Waals surface area contributed by atoms with Crippen LogP contribution in [0.5, 0.6) is 0 Å². The fourth-order valence-corrected chi connectivity index (χ4v) is 2.51. The van der Waals surface area contributed by atoms with Crippen molar-refractivity contribution in [2.45, 2.75) is 59.4 Å². The normalized spacial score (nSPS) is 13.8. The largest absolute Gasteiger partial charge is 0.312 e. The van der Waals surface area contributed by atoms with Crippen LogP contribution >= 0.6 is 11.6 Å². The van der Waals surface area contributed by atoms with Crippen molar-refractivity contribution in [2.24, 2.45) is 11.8 Å². The minimum Gasteiger partial charge on any atom is -0.312 e. The fourth-order valence-electron chi connectivity index (χ4n) is 2.29. The van der Waals surface area contributed by atoms with E-state index >= 15 is 0 Å². The summed E-state index contributed by atoms with van der Waals surface area (Å²) in [6.45, 7) is 12.4. The van der Waals surface area contributed by atoms with Crippen LogP contribution in [0.4, 0.5) is 0 Å². The lowest BCUT2D eigenvalue weighted by atomic mass is 9.91. The lowest BCUT2D eigenvalue weighted by molar-refractivity contribution is 0.340. The Bertz CT molecular complexity index is 393. The molecule has 1 nitrogen and oxygen atoms in total. The molecule has 0 aliphatic rings. The highest BCUT2D eigenvalue weighted by atomic mass is 35.5. The van der Waals surface area contributed by atoms with Crippen LogP contribution in [-0.2, 0) is 6.42 Å². The third-order valence-electron chi connectivity index (χ3n) is 3.49. The summed E-state index contributed by atoms with van der Waals surface area (Å²) in [5.41, 5.74) is 1.53. The molecule has 1 N–H and O–H groups in total. The van der Waals surface area contributed by atoms with Crippen LogP contribution < -0.4 is 5.32 Å². The van der Waals surface area contributed by atoms with Crippen LogP contribution in [0.15, 0.2) is 24.3 Å². The molecule has 0 radical (unpaired) electrons. The molecule has 1 aromatic carbocycles. The first-order chi connectivity index (χ1) is 9.26. The predicted octanol–water partition coefficient (Wildman–Crippen LogP) is 5.32. The van der Waals surface area contributed by atoms with E-state index in [1.54, 1.807) is 0 Å². The summed E-state index contributed by atoms with van der Waals surface area (Å²) < 4.78 is 0. The van der Waals surface area contributed by atoms with Crippen LogP contribution in [-0.4, -0.2) is 12.1 Å². The van der Waals surface area contributed by atoms with E-state index < -0.39 is 0 Å². The van der Waals surface area contributed by atoms with Crippen molar-refractivity contribution in [2.75, 3.05) is 6.54 Å². The van der Waals surface area contributed by atoms with Crippen molar-refractivity contribution in [1.82, 2.24) is 5.32 Å². The lowest BCUT2D eigenvalue weighted by Gasteiger charge is -2.26. The number of nitrogens with one attached hydrogen (secondary N) is 1. The Morgan fingerprint density at radius 3 is 2.40 bits per heavy atom. The van der Waals surface area contributed by atoms with E-state index in [1.807, 2.05) is 12.1 Å². The average molecular weight is 296 g/mol. The van der Waals surface area contributed by atoms with Crippen LogP contribution in [0.25, 0.3) is 0 Å². The molecule has 0 saturated carbocycles. The van der Waals surface area contributed by atoms with Gasteiger partial charge in [0.25, 0.3) is 0 Å². The lowest BCUT2D eigenvalue weighted by Crippen LogP contribution is -2.39. The van der Waals surface area contributed by atoms with E-state index in [9.17, 15) is 0 Å². The molecule has 2 heteroatoms. The van der Waals surface area contributed by atoms with Crippen LogP contribution in [0, 0.1) is 11.8 Å². The minimum absolute atomic E-state index is 0.185. The Morgan fingerprint density at radius 2 is 1.85 bits per heavy atom. The molecule has 0 aliphatic carbocycles. The van der Waals surface area contributed by atoms with Gasteiger partial charge < -0.3 is 5.32 Å². The summed E-state index contributed by atoms with van der Waals surface area (Å²) in [7, 11) is 0. The number of rotatable bonds is 7. The van der Waals surface area contributed by atoms with Gasteiger partial charge in [0.05, 0.1) is 0 Å². The SMILES string of the molecule is CC(C)CCC(CNC(C)(C)C)Cc1cccc(Cl)c1. The standard InChI is InChI=1S/C18H30ClN/c1-14(2)9-10-16(13-20-18(3,4)5)11-15-7-6-8-17(19)12-15/h6-8,12,14,16,20H,9-11,13H2,1-5H3. The zero-order valence-corrected chi connectivity index (χ0v) is 14.4. The number of halogens is 1. The Balaban J connectivity index is 2.61. The summed E-state index contributed by atoms with van der Waals surface area (Å²) in [5.74, 6) is 1.45. The molecule has 0 heterocycles. The van der Waals surface area contributed by atoms with Gasteiger partial charge >= 0.3 is 0 Å². The van der Waals surface area contributed by atoms with Gasteiger partial charge in [0.2, 0.25) is 0 Å². The van der Waals surface area contributed by atoms with Crippen molar-refractivity contribution in [1.29, 1.82) is 0 Å². The molecular formula is C18H30ClN. The van der Waals surface area contributed by atoms with E-state index in [2.05, 4.69) is 52.1 Å². The molecule has 1 unspecified atom stereocenters. The third kappa shape index (κ3) is 7.91. The maximum Gasteiger partial charge on any atom is 0.0408 e. The van der Waals surface area contributed by atoms with Gasteiger partial charge in [-0.3, -0.25) is 0 Å². The minimum atomic E-state index is 0.185. The van der Waals surface area contributed by atoms with Gasteiger partial charge in [-0.2, -0.15) is 0 Å². The van der Waals surface area contributed by atoms with E-state index in [4.69, 9.17) is 11.6 Å². The average Bonchev–Trinajstić information content (AvgIpc) is 2.31. The number of hydrogen-bond acceptors (Lipinski definition) is 1. The molecule has 1 aromatic rings. The zero-order valence-electron chi connectivity index (χ0n) is 13.7. The molecule has 0 fully saturated rings. The van der Waals surface area contributed by atoms with E-state index in [0.717, 1.165) is 23.9 Å². The van der Waals surface area contributed by atoms with Gasteiger partial charge in [-0.25, -0.2) is 0 Å². The van der Waals surface area contributed by atoms with Crippen LogP contribution in [0.1, 0.15) is 53.0 Å². The van der Waals surface area contributed by atoms with Gasteiger partial charge in [0.1, 0.15) is 0 Å². The molecule has 1 atom stereocenters. The molecule has 0 spiro atoms. The van der Waals surface area contributed by atoms with Crippen molar-refractivity contribution < 1.29 is 0 Å². The summed E-state index contributed by atoms with van der Waals surface area (Å²) in [4.78, 5) is 0. The monoisotopic (exact) mass is 295 g/mol. The highest BCUT2D eigenvalue weighted by molar-refractivity contribution is 6.30. The van der Waals surface area contributed by atoms with Crippen molar-refractivity contribution in [3.05, 3.63) is 34.9 Å². The second kappa shape index (κ2) is 8.05. The van der Waals surface area contributed by atoms with Crippen molar-refractivity contribution >= 4 is 11.6 Å². The van der Waals surface area contributed by atoms with E-state index in [-0.39, 0.29) is 5.54 Å². The highest BCUT2D eigenvalue weighted by Crippen LogP contribution is 2.20. The summed E-state index contributed by atoms with van der Waals surface area (Å²) in [6, 6.07) is 8.28. The Labute approximate surface area is 130 Å². The van der Waals surface area contributed by atoms with Crippen molar-refractivity contribution in [3.8, 4) is 0 Å². The third-order valence-corrected chi connectivity index (χ3v) is 3.72. The molecule has 114 valence electrons. The second-order valence-corrected chi connectivity index (χ2v) is 7.74. The molecular weight excluding hydrogens is 266 g/mol. The summed E-state index contributed by atoms with van der Waals surface area (Å²) >= 11 is 6.09. The first-order valence-electron chi connectivity index (χ1n) is 7.76. The van der Waals surface area contributed by atoms with Crippen molar-refractivity contribution in [3.63, 3.8) is 0 Å².